The van der Waals surface area contributed by atoms with Crippen molar-refractivity contribution in [2.75, 3.05) is 19.8 Å². The van der Waals surface area contributed by atoms with Gasteiger partial charge in [0.2, 0.25) is 0 Å². The van der Waals surface area contributed by atoms with Crippen LogP contribution >= 0.6 is 0 Å². The Labute approximate surface area is 93.1 Å². The zero-order valence-corrected chi connectivity index (χ0v) is 10.3. The Morgan fingerprint density at radius 3 is 2.33 bits per heavy atom. The third kappa shape index (κ3) is 2.52. The minimum atomic E-state index is 0.372. The smallest absolute Gasteiger partial charge is 0.0554 e. The number of rotatable bonds is 3. The van der Waals surface area contributed by atoms with Crippen LogP contribution in [0.25, 0.3) is 0 Å². The molecule has 0 amide bonds. The van der Waals surface area contributed by atoms with Crippen LogP contribution in [0, 0.1) is 5.41 Å². The summed E-state index contributed by atoms with van der Waals surface area (Å²) in [6.07, 6.45) is 4.02. The molecular formula is C12H24N2O. The van der Waals surface area contributed by atoms with Crippen molar-refractivity contribution in [3.63, 3.8) is 0 Å². The van der Waals surface area contributed by atoms with Gasteiger partial charge in [-0.15, -0.1) is 0 Å². The molecule has 2 atom stereocenters. The highest BCUT2D eigenvalue weighted by atomic mass is 16.5. The lowest BCUT2D eigenvalue weighted by molar-refractivity contribution is -0.112. The molecule has 0 bridgehead atoms. The molecule has 0 aromatic carbocycles. The predicted octanol–water partition coefficient (Wildman–Crippen LogP) is 1.79. The van der Waals surface area contributed by atoms with Gasteiger partial charge in [0.25, 0.3) is 0 Å². The number of ether oxygens (including phenoxy) is 1. The van der Waals surface area contributed by atoms with Gasteiger partial charge in [-0.3, -0.25) is 5.43 Å². The fourth-order valence-corrected chi connectivity index (χ4v) is 2.57. The maximum absolute atomic E-state index is 5.27. The van der Waals surface area contributed by atoms with Crippen molar-refractivity contribution in [2.24, 2.45) is 5.41 Å². The van der Waals surface area contributed by atoms with Gasteiger partial charge in [-0.2, -0.15) is 0 Å². The minimum Gasteiger partial charge on any atom is -0.380 e. The van der Waals surface area contributed by atoms with Gasteiger partial charge >= 0.3 is 0 Å². The second-order valence-electron chi connectivity index (χ2n) is 5.67. The van der Waals surface area contributed by atoms with E-state index in [-0.39, 0.29) is 0 Å². The van der Waals surface area contributed by atoms with E-state index in [1.165, 1.54) is 19.3 Å². The maximum Gasteiger partial charge on any atom is 0.0554 e. The quantitative estimate of drug-likeness (QED) is 0.772. The summed E-state index contributed by atoms with van der Waals surface area (Å²) < 4.78 is 5.27. The normalized spacial score (nSPS) is 36.2. The first-order chi connectivity index (χ1) is 7.11. The van der Waals surface area contributed by atoms with E-state index in [4.69, 9.17) is 4.74 Å². The van der Waals surface area contributed by atoms with Crippen LogP contribution in [-0.2, 0) is 4.74 Å². The maximum atomic E-state index is 5.27. The molecular weight excluding hydrogens is 188 g/mol. The Balaban J connectivity index is 1.81. The zero-order valence-electron chi connectivity index (χ0n) is 10.3. The Kier molecular flexibility index (Phi) is 3.33. The Hall–Kier alpha value is -0.120. The largest absolute Gasteiger partial charge is 0.380 e. The standard InChI is InChI=1S/C12H24N2O/c1-10-5-4-6-11(2)14(10)13-7-12(3)8-15-9-12/h10-11,13H,4-9H2,1-3H3. The molecule has 2 heterocycles. The van der Waals surface area contributed by atoms with Crippen LogP contribution in [0.3, 0.4) is 0 Å². The molecule has 0 aliphatic carbocycles. The average molecular weight is 212 g/mol. The van der Waals surface area contributed by atoms with E-state index < -0.39 is 0 Å². The van der Waals surface area contributed by atoms with Crippen LogP contribution < -0.4 is 5.43 Å². The molecule has 0 aromatic rings. The first kappa shape index (κ1) is 11.4. The topological polar surface area (TPSA) is 24.5 Å². The molecule has 0 saturated carbocycles. The molecule has 0 aromatic heterocycles. The van der Waals surface area contributed by atoms with E-state index in [9.17, 15) is 0 Å². The highest BCUT2D eigenvalue weighted by molar-refractivity contribution is 4.84. The summed E-state index contributed by atoms with van der Waals surface area (Å²) in [4.78, 5) is 0. The summed E-state index contributed by atoms with van der Waals surface area (Å²) in [6.45, 7) is 9.82. The Morgan fingerprint density at radius 2 is 1.87 bits per heavy atom. The summed E-state index contributed by atoms with van der Waals surface area (Å²) in [7, 11) is 0. The SMILES string of the molecule is CC1CCCC(C)N1NCC1(C)COC1. The van der Waals surface area contributed by atoms with E-state index in [0.29, 0.717) is 17.5 Å². The van der Waals surface area contributed by atoms with Crippen molar-refractivity contribution in [3.8, 4) is 0 Å². The van der Waals surface area contributed by atoms with Gasteiger partial charge in [0, 0.05) is 24.0 Å². The Bertz CT molecular complexity index is 206. The molecule has 3 nitrogen and oxygen atoms in total. The highest BCUT2D eigenvalue weighted by Gasteiger charge is 2.35. The fraction of sp³-hybridized carbons (Fsp3) is 1.00. The molecule has 2 aliphatic rings. The fourth-order valence-electron chi connectivity index (χ4n) is 2.57. The summed E-state index contributed by atoms with van der Waals surface area (Å²) in [6, 6.07) is 1.36. The molecule has 0 radical (unpaired) electrons. The third-order valence-corrected chi connectivity index (χ3v) is 3.78. The van der Waals surface area contributed by atoms with Crippen LogP contribution in [0.1, 0.15) is 40.0 Å². The van der Waals surface area contributed by atoms with Crippen molar-refractivity contribution in [1.82, 2.24) is 10.4 Å². The van der Waals surface area contributed by atoms with Crippen molar-refractivity contribution in [3.05, 3.63) is 0 Å². The van der Waals surface area contributed by atoms with E-state index >= 15 is 0 Å². The molecule has 2 rings (SSSR count). The first-order valence-corrected chi connectivity index (χ1v) is 6.20. The third-order valence-electron chi connectivity index (χ3n) is 3.78. The lowest BCUT2D eigenvalue weighted by Crippen LogP contribution is -2.57. The lowest BCUT2D eigenvalue weighted by Gasteiger charge is -2.44. The van der Waals surface area contributed by atoms with Gasteiger partial charge in [-0.05, 0) is 26.7 Å². The minimum absolute atomic E-state index is 0.372. The molecule has 3 heteroatoms. The van der Waals surface area contributed by atoms with Gasteiger partial charge in [-0.25, -0.2) is 5.01 Å². The number of piperidine rings is 1. The molecule has 1 N–H and O–H groups in total. The van der Waals surface area contributed by atoms with Gasteiger partial charge < -0.3 is 4.74 Å². The van der Waals surface area contributed by atoms with E-state index in [2.05, 4.69) is 31.2 Å². The lowest BCUT2D eigenvalue weighted by atomic mass is 9.89. The molecule has 0 spiro atoms. The number of hydrogen-bond donors (Lipinski definition) is 1. The van der Waals surface area contributed by atoms with Crippen LogP contribution in [0.15, 0.2) is 0 Å². The van der Waals surface area contributed by atoms with Gasteiger partial charge in [0.05, 0.1) is 13.2 Å². The summed E-state index contributed by atoms with van der Waals surface area (Å²) in [5.41, 5.74) is 3.99. The molecule has 15 heavy (non-hydrogen) atoms. The average Bonchev–Trinajstić information content (AvgIpc) is 2.14. The van der Waals surface area contributed by atoms with Crippen molar-refractivity contribution >= 4 is 0 Å². The molecule has 2 saturated heterocycles. The number of nitrogens with zero attached hydrogens (tertiary/aromatic N) is 1. The number of hydrazine groups is 1. The van der Waals surface area contributed by atoms with E-state index in [1.807, 2.05) is 0 Å². The van der Waals surface area contributed by atoms with Crippen LogP contribution in [0.5, 0.6) is 0 Å². The number of nitrogens with one attached hydrogen (secondary N) is 1. The molecule has 2 aliphatic heterocycles. The monoisotopic (exact) mass is 212 g/mol. The number of hydrogen-bond acceptors (Lipinski definition) is 3. The molecule has 2 fully saturated rings. The molecule has 88 valence electrons. The van der Waals surface area contributed by atoms with Gasteiger partial charge in [0.15, 0.2) is 0 Å². The second kappa shape index (κ2) is 4.40. The second-order valence-corrected chi connectivity index (χ2v) is 5.67. The molecule has 2 unspecified atom stereocenters. The summed E-state index contributed by atoms with van der Waals surface area (Å²) in [5.74, 6) is 0. The first-order valence-electron chi connectivity index (χ1n) is 6.20. The van der Waals surface area contributed by atoms with Crippen LogP contribution in [-0.4, -0.2) is 36.9 Å². The van der Waals surface area contributed by atoms with Crippen molar-refractivity contribution in [1.29, 1.82) is 0 Å². The van der Waals surface area contributed by atoms with Crippen molar-refractivity contribution < 1.29 is 4.74 Å². The van der Waals surface area contributed by atoms with Crippen LogP contribution in [0.4, 0.5) is 0 Å². The van der Waals surface area contributed by atoms with E-state index in [0.717, 1.165) is 19.8 Å². The Morgan fingerprint density at radius 1 is 1.27 bits per heavy atom. The van der Waals surface area contributed by atoms with Crippen LogP contribution in [0.2, 0.25) is 0 Å². The summed E-state index contributed by atoms with van der Waals surface area (Å²) in [5, 5.41) is 2.45. The highest BCUT2D eigenvalue weighted by Crippen LogP contribution is 2.27. The van der Waals surface area contributed by atoms with Gasteiger partial charge in [0.1, 0.15) is 0 Å². The summed E-state index contributed by atoms with van der Waals surface area (Å²) >= 11 is 0. The zero-order chi connectivity index (χ0) is 10.9. The van der Waals surface area contributed by atoms with Gasteiger partial charge in [-0.1, -0.05) is 13.3 Å². The van der Waals surface area contributed by atoms with Crippen molar-refractivity contribution in [2.45, 2.75) is 52.1 Å². The van der Waals surface area contributed by atoms with E-state index in [1.54, 1.807) is 0 Å². The predicted molar refractivity (Wildman–Crippen MR) is 61.5 cm³/mol.